The Morgan fingerprint density at radius 2 is 1.76 bits per heavy atom. The molecule has 1 aliphatic heterocycles. The van der Waals surface area contributed by atoms with Crippen molar-refractivity contribution in [2.45, 2.75) is 69.6 Å². The molecule has 0 aromatic heterocycles. The van der Waals surface area contributed by atoms with Crippen LogP contribution in [-0.4, -0.2) is 58.5 Å². The van der Waals surface area contributed by atoms with Gasteiger partial charge in [0.15, 0.2) is 0 Å². The van der Waals surface area contributed by atoms with E-state index >= 15 is 0 Å². The zero-order chi connectivity index (χ0) is 15.0. The van der Waals surface area contributed by atoms with Gasteiger partial charge in [0.25, 0.3) is 0 Å². The van der Waals surface area contributed by atoms with Crippen molar-refractivity contribution in [2.75, 3.05) is 13.6 Å². The van der Waals surface area contributed by atoms with E-state index in [0.717, 1.165) is 51.4 Å². The number of likely N-dealkylation sites (N-methyl/N-ethyl adjacent to an activating group) is 1. The largest absolute Gasteiger partial charge is 0.391 e. The number of nitrogens with zero attached hydrogens (tertiary/aromatic N) is 2. The summed E-state index contributed by atoms with van der Waals surface area (Å²) >= 11 is 0. The number of hydrogen-bond acceptors (Lipinski definition) is 3. The highest BCUT2D eigenvalue weighted by atomic mass is 16.3. The molecule has 0 bridgehead atoms. The van der Waals surface area contributed by atoms with Gasteiger partial charge in [-0.3, -0.25) is 9.59 Å². The molecule has 3 aliphatic rings. The molecular weight excluding hydrogens is 268 g/mol. The highest BCUT2D eigenvalue weighted by Gasteiger charge is 2.43. The zero-order valence-corrected chi connectivity index (χ0v) is 12.8. The zero-order valence-electron chi connectivity index (χ0n) is 12.8. The molecule has 5 heteroatoms. The predicted octanol–water partition coefficient (Wildman–Crippen LogP) is 1.15. The first-order valence-electron chi connectivity index (χ1n) is 8.35. The van der Waals surface area contributed by atoms with Crippen LogP contribution in [0.1, 0.15) is 51.4 Å². The standard InChI is InChI=1S/C16H26N2O3/c1-17(12-5-2-3-7-14(12)19)16(21)13-6-4-10-18(13)15(20)11-8-9-11/h11-14,19H,2-10H2,1H3. The average Bonchev–Trinajstić information content (AvgIpc) is 3.22. The van der Waals surface area contributed by atoms with E-state index in [1.807, 2.05) is 0 Å². The van der Waals surface area contributed by atoms with Gasteiger partial charge in [0.05, 0.1) is 12.1 Å². The summed E-state index contributed by atoms with van der Waals surface area (Å²) in [7, 11) is 1.79. The Morgan fingerprint density at radius 1 is 1.05 bits per heavy atom. The van der Waals surface area contributed by atoms with E-state index in [1.54, 1.807) is 16.8 Å². The van der Waals surface area contributed by atoms with Crippen LogP contribution in [0, 0.1) is 5.92 Å². The molecule has 5 nitrogen and oxygen atoms in total. The topological polar surface area (TPSA) is 60.9 Å². The Kier molecular flexibility index (Phi) is 4.20. The molecular formula is C16H26N2O3. The van der Waals surface area contributed by atoms with Gasteiger partial charge in [-0.25, -0.2) is 0 Å². The molecule has 2 aliphatic carbocycles. The third-order valence-electron chi connectivity index (χ3n) is 5.29. The molecule has 3 atom stereocenters. The summed E-state index contributed by atoms with van der Waals surface area (Å²) in [5.41, 5.74) is 0. The maximum atomic E-state index is 12.8. The minimum atomic E-state index is -0.415. The van der Waals surface area contributed by atoms with Gasteiger partial charge in [0.1, 0.15) is 6.04 Å². The molecule has 118 valence electrons. The van der Waals surface area contributed by atoms with Crippen molar-refractivity contribution in [3.63, 3.8) is 0 Å². The quantitative estimate of drug-likeness (QED) is 0.849. The lowest BCUT2D eigenvalue weighted by Gasteiger charge is -2.37. The number of aliphatic hydroxyl groups excluding tert-OH is 1. The molecule has 2 amide bonds. The van der Waals surface area contributed by atoms with Crippen molar-refractivity contribution in [1.29, 1.82) is 0 Å². The first kappa shape index (κ1) is 14.8. The minimum Gasteiger partial charge on any atom is -0.391 e. The Morgan fingerprint density at radius 3 is 2.43 bits per heavy atom. The first-order valence-corrected chi connectivity index (χ1v) is 8.35. The van der Waals surface area contributed by atoms with Crippen LogP contribution in [0.5, 0.6) is 0 Å². The van der Waals surface area contributed by atoms with Gasteiger partial charge in [-0.15, -0.1) is 0 Å². The third-order valence-corrected chi connectivity index (χ3v) is 5.29. The maximum Gasteiger partial charge on any atom is 0.245 e. The van der Waals surface area contributed by atoms with Gasteiger partial charge in [-0.05, 0) is 38.5 Å². The molecule has 0 spiro atoms. The molecule has 1 N–H and O–H groups in total. The van der Waals surface area contributed by atoms with Gasteiger partial charge < -0.3 is 14.9 Å². The lowest BCUT2D eigenvalue weighted by Crippen LogP contribution is -2.53. The fraction of sp³-hybridized carbons (Fsp3) is 0.875. The summed E-state index contributed by atoms with van der Waals surface area (Å²) in [6, 6.07) is -0.373. The number of amides is 2. The second-order valence-electron chi connectivity index (χ2n) is 6.83. The number of carbonyl (C=O) groups excluding carboxylic acids is 2. The molecule has 3 unspecified atom stereocenters. The van der Waals surface area contributed by atoms with Crippen LogP contribution in [0.25, 0.3) is 0 Å². The van der Waals surface area contributed by atoms with E-state index in [0.29, 0.717) is 6.54 Å². The summed E-state index contributed by atoms with van der Waals surface area (Å²) in [6.07, 6.45) is 6.97. The van der Waals surface area contributed by atoms with E-state index in [4.69, 9.17) is 0 Å². The van der Waals surface area contributed by atoms with Crippen LogP contribution in [-0.2, 0) is 9.59 Å². The Hall–Kier alpha value is -1.10. The lowest BCUT2D eigenvalue weighted by atomic mass is 9.91. The normalized spacial score (nSPS) is 33.0. The third kappa shape index (κ3) is 2.93. The van der Waals surface area contributed by atoms with Gasteiger partial charge in [0.2, 0.25) is 11.8 Å². The van der Waals surface area contributed by atoms with Crippen molar-refractivity contribution in [1.82, 2.24) is 9.80 Å². The maximum absolute atomic E-state index is 12.8. The van der Waals surface area contributed by atoms with Gasteiger partial charge in [-0.2, -0.15) is 0 Å². The average molecular weight is 294 g/mol. The fourth-order valence-corrected chi connectivity index (χ4v) is 3.79. The number of carbonyl (C=O) groups is 2. The van der Waals surface area contributed by atoms with E-state index in [2.05, 4.69) is 0 Å². The van der Waals surface area contributed by atoms with Crippen molar-refractivity contribution in [2.24, 2.45) is 5.92 Å². The summed E-state index contributed by atoms with van der Waals surface area (Å²) in [5.74, 6) is 0.361. The van der Waals surface area contributed by atoms with Crippen molar-refractivity contribution in [3.8, 4) is 0 Å². The second-order valence-corrected chi connectivity index (χ2v) is 6.83. The summed E-state index contributed by atoms with van der Waals surface area (Å²) < 4.78 is 0. The van der Waals surface area contributed by atoms with Crippen LogP contribution in [0.3, 0.4) is 0 Å². The van der Waals surface area contributed by atoms with Crippen LogP contribution in [0.2, 0.25) is 0 Å². The Labute approximate surface area is 126 Å². The van der Waals surface area contributed by atoms with Crippen LogP contribution < -0.4 is 0 Å². The summed E-state index contributed by atoms with van der Waals surface area (Å²) in [6.45, 7) is 0.715. The lowest BCUT2D eigenvalue weighted by molar-refractivity contribution is -0.147. The number of hydrogen-bond donors (Lipinski definition) is 1. The molecule has 1 heterocycles. The molecule has 0 aromatic rings. The Balaban J connectivity index is 1.66. The second kappa shape index (κ2) is 5.95. The van der Waals surface area contributed by atoms with Gasteiger partial charge in [0, 0.05) is 19.5 Å². The molecule has 1 saturated heterocycles. The van der Waals surface area contributed by atoms with Gasteiger partial charge in [-0.1, -0.05) is 12.8 Å². The predicted molar refractivity (Wildman–Crippen MR) is 78.5 cm³/mol. The number of rotatable bonds is 3. The van der Waals surface area contributed by atoms with Crippen LogP contribution >= 0.6 is 0 Å². The van der Waals surface area contributed by atoms with E-state index in [1.165, 1.54) is 0 Å². The van der Waals surface area contributed by atoms with Crippen LogP contribution in [0.4, 0.5) is 0 Å². The first-order chi connectivity index (χ1) is 10.1. The highest BCUT2D eigenvalue weighted by molar-refractivity contribution is 5.90. The molecule has 0 aromatic carbocycles. The highest BCUT2D eigenvalue weighted by Crippen LogP contribution is 2.34. The molecule has 2 saturated carbocycles. The van der Waals surface area contributed by atoms with Crippen molar-refractivity contribution in [3.05, 3.63) is 0 Å². The van der Waals surface area contributed by atoms with Crippen molar-refractivity contribution < 1.29 is 14.7 Å². The summed E-state index contributed by atoms with van der Waals surface area (Å²) in [4.78, 5) is 28.6. The smallest absolute Gasteiger partial charge is 0.245 e. The monoisotopic (exact) mass is 294 g/mol. The molecule has 3 fully saturated rings. The van der Waals surface area contributed by atoms with E-state index in [9.17, 15) is 14.7 Å². The van der Waals surface area contributed by atoms with Crippen LogP contribution in [0.15, 0.2) is 0 Å². The van der Waals surface area contributed by atoms with Crippen molar-refractivity contribution >= 4 is 11.8 Å². The number of aliphatic hydroxyl groups is 1. The SMILES string of the molecule is CN(C(=O)C1CCCN1C(=O)C1CC1)C1CCCCC1O. The Bertz CT molecular complexity index is 422. The molecule has 0 radical (unpaired) electrons. The molecule has 3 rings (SSSR count). The van der Waals surface area contributed by atoms with Gasteiger partial charge >= 0.3 is 0 Å². The summed E-state index contributed by atoms with van der Waals surface area (Å²) in [5, 5.41) is 10.1. The fourth-order valence-electron chi connectivity index (χ4n) is 3.79. The molecule has 21 heavy (non-hydrogen) atoms. The number of likely N-dealkylation sites (tertiary alicyclic amines) is 1. The van der Waals surface area contributed by atoms with E-state index in [-0.39, 0.29) is 29.8 Å². The minimum absolute atomic E-state index is 0.0208. The van der Waals surface area contributed by atoms with E-state index < -0.39 is 6.10 Å².